The van der Waals surface area contributed by atoms with Crippen molar-refractivity contribution in [3.8, 4) is 5.75 Å². The third-order valence-corrected chi connectivity index (χ3v) is 5.07. The Labute approximate surface area is 193 Å². The molecule has 0 N–H and O–H groups in total. The van der Waals surface area contributed by atoms with Crippen LogP contribution in [0.3, 0.4) is 0 Å². The average Bonchev–Trinajstić information content (AvgIpc) is 3.08. The third kappa shape index (κ3) is 5.56. The van der Waals surface area contributed by atoms with Gasteiger partial charge in [0.15, 0.2) is 12.3 Å². The Kier molecular flexibility index (Phi) is 7.18. The van der Waals surface area contributed by atoms with Crippen LogP contribution in [0.15, 0.2) is 56.0 Å². The molecular formula is C20H14Br2N2O7. The predicted octanol–water partition coefficient (Wildman–Crippen LogP) is 4.41. The van der Waals surface area contributed by atoms with Crippen LogP contribution in [0, 0.1) is 10.1 Å². The number of non-ortho nitro benzene ring substituents is 1. The molecule has 0 unspecified atom stereocenters. The lowest BCUT2D eigenvalue weighted by atomic mass is 10.2. The van der Waals surface area contributed by atoms with Crippen LogP contribution in [0.25, 0.3) is 6.08 Å². The van der Waals surface area contributed by atoms with Gasteiger partial charge in [0, 0.05) is 17.7 Å². The second-order valence-electron chi connectivity index (χ2n) is 6.05. The number of carbonyl (C=O) groups is 2. The SMILES string of the molecule is CCOC(=O)COc1c(Br)cc(/C=C2\N=C(c3cccc([N+](=O)[O-])c3)OC2=O)cc1Br. The quantitative estimate of drug-likeness (QED) is 0.216. The van der Waals surface area contributed by atoms with Crippen molar-refractivity contribution in [3.05, 3.63) is 72.3 Å². The van der Waals surface area contributed by atoms with Crippen molar-refractivity contribution in [3.63, 3.8) is 0 Å². The smallest absolute Gasteiger partial charge is 0.363 e. The highest BCUT2D eigenvalue weighted by atomic mass is 79.9. The van der Waals surface area contributed by atoms with Gasteiger partial charge in [-0.1, -0.05) is 6.07 Å². The molecule has 0 saturated carbocycles. The summed E-state index contributed by atoms with van der Waals surface area (Å²) in [6.45, 7) is 1.70. The van der Waals surface area contributed by atoms with Crippen LogP contribution in [0.5, 0.6) is 5.75 Å². The third-order valence-electron chi connectivity index (χ3n) is 3.89. The molecule has 1 aliphatic heterocycles. The zero-order valence-electron chi connectivity index (χ0n) is 16.0. The molecule has 0 saturated heterocycles. The molecule has 160 valence electrons. The number of hydrogen-bond acceptors (Lipinski definition) is 8. The Morgan fingerprint density at radius 2 is 1.97 bits per heavy atom. The topological polar surface area (TPSA) is 117 Å². The fourth-order valence-corrected chi connectivity index (χ4v) is 4.03. The largest absolute Gasteiger partial charge is 0.480 e. The summed E-state index contributed by atoms with van der Waals surface area (Å²) in [5, 5.41) is 10.9. The number of hydrogen-bond donors (Lipinski definition) is 0. The highest BCUT2D eigenvalue weighted by Crippen LogP contribution is 2.36. The zero-order valence-corrected chi connectivity index (χ0v) is 19.1. The first-order chi connectivity index (χ1) is 14.8. The minimum absolute atomic E-state index is 0.0209. The van der Waals surface area contributed by atoms with E-state index in [-0.39, 0.29) is 30.5 Å². The monoisotopic (exact) mass is 552 g/mol. The van der Waals surface area contributed by atoms with E-state index < -0.39 is 16.9 Å². The number of cyclic esters (lactones) is 1. The lowest BCUT2D eigenvalue weighted by Gasteiger charge is -2.10. The van der Waals surface area contributed by atoms with Gasteiger partial charge in [0.05, 0.1) is 20.5 Å². The van der Waals surface area contributed by atoms with Crippen LogP contribution in [-0.4, -0.2) is 36.0 Å². The predicted molar refractivity (Wildman–Crippen MR) is 118 cm³/mol. The molecule has 1 heterocycles. The average molecular weight is 554 g/mol. The van der Waals surface area contributed by atoms with Gasteiger partial charge in [-0.15, -0.1) is 0 Å². The fourth-order valence-electron chi connectivity index (χ4n) is 2.58. The second-order valence-corrected chi connectivity index (χ2v) is 7.76. The van der Waals surface area contributed by atoms with E-state index in [1.54, 1.807) is 25.1 Å². The van der Waals surface area contributed by atoms with Crippen LogP contribution in [-0.2, 0) is 19.1 Å². The summed E-state index contributed by atoms with van der Waals surface area (Å²) in [5.41, 5.74) is 0.801. The molecule has 0 aliphatic carbocycles. The summed E-state index contributed by atoms with van der Waals surface area (Å²) >= 11 is 6.74. The van der Waals surface area contributed by atoms with Gasteiger partial charge in [-0.05, 0) is 68.6 Å². The minimum Gasteiger partial charge on any atom is -0.480 e. The highest BCUT2D eigenvalue weighted by Gasteiger charge is 2.25. The minimum atomic E-state index is -0.684. The number of nitrogens with zero attached hydrogens (tertiary/aromatic N) is 2. The zero-order chi connectivity index (χ0) is 22.5. The van der Waals surface area contributed by atoms with E-state index in [1.807, 2.05) is 0 Å². The van der Waals surface area contributed by atoms with Crippen LogP contribution in [0.4, 0.5) is 5.69 Å². The fraction of sp³-hybridized carbons (Fsp3) is 0.150. The van der Waals surface area contributed by atoms with Crippen LogP contribution in [0.1, 0.15) is 18.1 Å². The van der Waals surface area contributed by atoms with Crippen LogP contribution < -0.4 is 4.74 Å². The maximum absolute atomic E-state index is 12.2. The Bertz CT molecular complexity index is 1110. The van der Waals surface area contributed by atoms with E-state index in [9.17, 15) is 19.7 Å². The van der Waals surface area contributed by atoms with Gasteiger partial charge in [-0.3, -0.25) is 10.1 Å². The number of nitro benzene ring substituents is 1. The maximum Gasteiger partial charge on any atom is 0.363 e. The Morgan fingerprint density at radius 1 is 1.26 bits per heavy atom. The molecule has 2 aromatic carbocycles. The Hall–Kier alpha value is -3.05. The van der Waals surface area contributed by atoms with Gasteiger partial charge in [0.25, 0.3) is 5.69 Å². The highest BCUT2D eigenvalue weighted by molar-refractivity contribution is 9.11. The van der Waals surface area contributed by atoms with Crippen molar-refractivity contribution < 1.29 is 28.7 Å². The van der Waals surface area contributed by atoms with E-state index in [2.05, 4.69) is 36.9 Å². The van der Waals surface area contributed by atoms with Crippen molar-refractivity contribution in [2.75, 3.05) is 13.2 Å². The van der Waals surface area contributed by atoms with Gasteiger partial charge < -0.3 is 14.2 Å². The summed E-state index contributed by atoms with van der Waals surface area (Å²) in [5.74, 6) is -0.807. The number of halogens is 2. The van der Waals surface area contributed by atoms with Gasteiger partial charge in [-0.2, -0.15) is 0 Å². The van der Waals surface area contributed by atoms with Gasteiger partial charge in [0.1, 0.15) is 5.75 Å². The van der Waals surface area contributed by atoms with Gasteiger partial charge in [0.2, 0.25) is 5.90 Å². The number of aliphatic imine (C=N–C) groups is 1. The first-order valence-electron chi connectivity index (χ1n) is 8.83. The number of benzene rings is 2. The van der Waals surface area contributed by atoms with Gasteiger partial charge >= 0.3 is 11.9 Å². The van der Waals surface area contributed by atoms with Crippen molar-refractivity contribution in [1.82, 2.24) is 0 Å². The van der Waals surface area contributed by atoms with E-state index >= 15 is 0 Å². The Balaban J connectivity index is 1.84. The second kappa shape index (κ2) is 9.84. The van der Waals surface area contributed by atoms with Crippen LogP contribution >= 0.6 is 31.9 Å². The standard InChI is InChI=1S/C20H14Br2N2O7/c1-2-29-17(25)10-30-18-14(21)6-11(7-15(18)22)8-16-20(26)31-19(23-16)12-4-3-5-13(9-12)24(27)28/h3-9H,2,10H2,1H3/b16-8-. The number of ether oxygens (including phenoxy) is 3. The van der Waals surface area contributed by atoms with E-state index in [4.69, 9.17) is 14.2 Å². The molecule has 9 nitrogen and oxygen atoms in total. The molecule has 0 radical (unpaired) electrons. The maximum atomic E-state index is 12.2. The van der Waals surface area contributed by atoms with Crippen molar-refractivity contribution in [2.45, 2.75) is 6.92 Å². The number of nitro groups is 1. The number of esters is 2. The van der Waals surface area contributed by atoms with Gasteiger partial charge in [-0.25, -0.2) is 14.6 Å². The van der Waals surface area contributed by atoms with E-state index in [1.165, 1.54) is 24.3 Å². The molecule has 0 amide bonds. The molecule has 2 aromatic rings. The first-order valence-corrected chi connectivity index (χ1v) is 10.4. The molecule has 11 heteroatoms. The number of rotatable bonds is 7. The molecule has 1 aliphatic rings. The van der Waals surface area contributed by atoms with Crippen LogP contribution in [0.2, 0.25) is 0 Å². The summed E-state index contributed by atoms with van der Waals surface area (Å²) < 4.78 is 16.5. The molecule has 3 rings (SSSR count). The molecule has 0 fully saturated rings. The van der Waals surface area contributed by atoms with Crippen molar-refractivity contribution >= 4 is 61.5 Å². The molecule has 31 heavy (non-hydrogen) atoms. The summed E-state index contributed by atoms with van der Waals surface area (Å²) in [6, 6.07) is 8.99. The molecule has 0 bridgehead atoms. The lowest BCUT2D eigenvalue weighted by molar-refractivity contribution is -0.384. The van der Waals surface area contributed by atoms with E-state index in [0.717, 1.165) is 0 Å². The van der Waals surface area contributed by atoms with E-state index in [0.29, 0.717) is 25.8 Å². The normalized spacial score (nSPS) is 14.2. The summed E-state index contributed by atoms with van der Waals surface area (Å²) in [7, 11) is 0. The van der Waals surface area contributed by atoms with Crippen molar-refractivity contribution in [1.29, 1.82) is 0 Å². The first kappa shape index (κ1) is 22.6. The number of carbonyl (C=O) groups excluding carboxylic acids is 2. The molecule has 0 atom stereocenters. The molecule has 0 aromatic heterocycles. The van der Waals surface area contributed by atoms with Crippen molar-refractivity contribution in [2.24, 2.45) is 4.99 Å². The summed E-state index contributed by atoms with van der Waals surface area (Å²) in [6.07, 6.45) is 1.50. The lowest BCUT2D eigenvalue weighted by Crippen LogP contribution is -2.15. The Morgan fingerprint density at radius 3 is 2.61 bits per heavy atom. The molecule has 0 spiro atoms. The summed E-state index contributed by atoms with van der Waals surface area (Å²) in [4.78, 5) is 38.3. The molecular weight excluding hydrogens is 540 g/mol.